The van der Waals surface area contributed by atoms with Crippen LogP contribution in [0.25, 0.3) is 0 Å². The summed E-state index contributed by atoms with van der Waals surface area (Å²) in [6.07, 6.45) is 1.82. The first-order valence-corrected chi connectivity index (χ1v) is 10.7. The summed E-state index contributed by atoms with van der Waals surface area (Å²) < 4.78 is 1.94. The van der Waals surface area contributed by atoms with Crippen molar-refractivity contribution in [1.29, 1.82) is 0 Å². The molecule has 1 amide bonds. The van der Waals surface area contributed by atoms with Crippen molar-refractivity contribution in [2.75, 3.05) is 10.7 Å². The third kappa shape index (κ3) is 4.15. The van der Waals surface area contributed by atoms with E-state index in [0.29, 0.717) is 0 Å². The number of thioether (sulfide) groups is 1. The van der Waals surface area contributed by atoms with E-state index in [1.54, 1.807) is 0 Å². The van der Waals surface area contributed by atoms with Crippen LogP contribution >= 0.6 is 11.8 Å². The molecule has 0 radical (unpaired) electrons. The fourth-order valence-corrected chi connectivity index (χ4v) is 4.46. The van der Waals surface area contributed by atoms with Gasteiger partial charge in [-0.3, -0.25) is 4.79 Å². The molecule has 0 spiro atoms. The van der Waals surface area contributed by atoms with Gasteiger partial charge in [-0.15, -0.1) is 10.2 Å². The maximum absolute atomic E-state index is 13.2. The predicted octanol–water partition coefficient (Wildman–Crippen LogP) is 4.25. The molecule has 29 heavy (non-hydrogen) atoms. The van der Waals surface area contributed by atoms with Crippen LogP contribution in [0.1, 0.15) is 41.9 Å². The summed E-state index contributed by atoms with van der Waals surface area (Å²) in [5, 5.41) is 12.0. The molecule has 4 rings (SSSR count). The molecule has 7 heteroatoms. The molecule has 1 aliphatic rings. The van der Waals surface area contributed by atoms with E-state index in [2.05, 4.69) is 59.1 Å². The van der Waals surface area contributed by atoms with Crippen LogP contribution in [0.4, 0.5) is 5.69 Å². The molecule has 1 aliphatic heterocycles. The molecule has 2 atom stereocenters. The zero-order valence-electron chi connectivity index (χ0n) is 16.8. The lowest BCUT2D eigenvalue weighted by Crippen LogP contribution is -2.41. The van der Waals surface area contributed by atoms with Gasteiger partial charge in [0.25, 0.3) is 0 Å². The summed E-state index contributed by atoms with van der Waals surface area (Å²) in [5.74, 6) is 0.840. The van der Waals surface area contributed by atoms with Gasteiger partial charge in [-0.05, 0) is 38.0 Å². The van der Waals surface area contributed by atoms with Crippen LogP contribution in [0.3, 0.4) is 0 Å². The van der Waals surface area contributed by atoms with Crippen molar-refractivity contribution in [2.24, 2.45) is 0 Å². The largest absolute Gasteiger partial charge is 0.325 e. The molecule has 0 bridgehead atoms. The Morgan fingerprint density at radius 2 is 1.72 bits per heavy atom. The standard InChI is InChI=1S/C22H25N5OS/c1-4-5-18-24-25-22-27(18)26-19(16-10-6-14(2)7-11-16)20(29-22)21(28)23-17-12-8-15(3)9-13-17/h6-13,19-20,26H,4-5H2,1-3H3,(H,23,28)/t19-,20-/m0/s1. The summed E-state index contributed by atoms with van der Waals surface area (Å²) in [6, 6.07) is 16.0. The van der Waals surface area contributed by atoms with Gasteiger partial charge in [0.2, 0.25) is 11.1 Å². The molecule has 1 aromatic heterocycles. The molecule has 2 aromatic carbocycles. The number of anilines is 1. The Kier molecular flexibility index (Phi) is 5.58. The Bertz CT molecular complexity index is 997. The average molecular weight is 408 g/mol. The van der Waals surface area contributed by atoms with Crippen LogP contribution in [0.5, 0.6) is 0 Å². The molecular formula is C22H25N5OS. The number of fused-ring (bicyclic) bond motifs is 1. The molecule has 0 unspecified atom stereocenters. The fourth-order valence-electron chi connectivity index (χ4n) is 3.36. The summed E-state index contributed by atoms with van der Waals surface area (Å²) in [6.45, 7) is 6.21. The molecule has 0 saturated carbocycles. The minimum Gasteiger partial charge on any atom is -0.325 e. The lowest BCUT2D eigenvalue weighted by molar-refractivity contribution is -0.116. The summed E-state index contributed by atoms with van der Waals surface area (Å²) >= 11 is 1.46. The fraction of sp³-hybridized carbons (Fsp3) is 0.318. The van der Waals surface area contributed by atoms with E-state index in [0.717, 1.165) is 40.6 Å². The number of aryl methyl sites for hydroxylation is 3. The lowest BCUT2D eigenvalue weighted by Gasteiger charge is -2.33. The monoisotopic (exact) mass is 407 g/mol. The number of benzene rings is 2. The number of aromatic nitrogens is 3. The number of hydrogen-bond acceptors (Lipinski definition) is 5. The van der Waals surface area contributed by atoms with E-state index >= 15 is 0 Å². The van der Waals surface area contributed by atoms with Gasteiger partial charge >= 0.3 is 0 Å². The van der Waals surface area contributed by atoms with Gasteiger partial charge in [0, 0.05) is 12.1 Å². The van der Waals surface area contributed by atoms with Gasteiger partial charge in [-0.1, -0.05) is 66.2 Å². The molecule has 150 valence electrons. The first kappa shape index (κ1) is 19.5. The molecule has 6 nitrogen and oxygen atoms in total. The maximum Gasteiger partial charge on any atom is 0.240 e. The summed E-state index contributed by atoms with van der Waals surface area (Å²) in [4.78, 5) is 13.2. The molecule has 2 heterocycles. The summed E-state index contributed by atoms with van der Waals surface area (Å²) in [5.41, 5.74) is 7.71. The highest BCUT2D eigenvalue weighted by molar-refractivity contribution is 8.00. The van der Waals surface area contributed by atoms with Gasteiger partial charge in [0.1, 0.15) is 5.25 Å². The minimum atomic E-state index is -0.370. The number of amides is 1. The van der Waals surface area contributed by atoms with Crippen LogP contribution in [0.15, 0.2) is 53.7 Å². The van der Waals surface area contributed by atoms with Crippen LogP contribution in [-0.2, 0) is 11.2 Å². The number of carbonyl (C=O) groups is 1. The number of nitrogens with zero attached hydrogens (tertiary/aromatic N) is 3. The van der Waals surface area contributed by atoms with Crippen molar-refractivity contribution < 1.29 is 4.79 Å². The Balaban J connectivity index is 1.65. The molecule has 2 N–H and O–H groups in total. The first-order chi connectivity index (χ1) is 14.0. The van der Waals surface area contributed by atoms with Crippen LogP contribution in [0, 0.1) is 13.8 Å². The maximum atomic E-state index is 13.2. The normalized spacial score (nSPS) is 18.0. The topological polar surface area (TPSA) is 71.8 Å². The van der Waals surface area contributed by atoms with E-state index in [-0.39, 0.29) is 17.2 Å². The Morgan fingerprint density at radius 1 is 1.07 bits per heavy atom. The van der Waals surface area contributed by atoms with Gasteiger partial charge in [-0.25, -0.2) is 4.68 Å². The average Bonchev–Trinajstić information content (AvgIpc) is 3.11. The third-order valence-corrected chi connectivity index (χ3v) is 6.21. The molecule has 0 fully saturated rings. The van der Waals surface area contributed by atoms with Gasteiger partial charge in [-0.2, -0.15) is 0 Å². The van der Waals surface area contributed by atoms with Crippen molar-refractivity contribution in [3.8, 4) is 0 Å². The number of hydrogen-bond donors (Lipinski definition) is 2. The third-order valence-electron chi connectivity index (χ3n) is 4.99. The zero-order chi connectivity index (χ0) is 20.4. The first-order valence-electron chi connectivity index (χ1n) is 9.86. The Hall–Kier alpha value is -2.80. The Labute approximate surface area is 175 Å². The molecular weight excluding hydrogens is 382 g/mol. The summed E-state index contributed by atoms with van der Waals surface area (Å²) in [7, 11) is 0. The minimum absolute atomic E-state index is 0.0526. The van der Waals surface area contributed by atoms with Crippen LogP contribution < -0.4 is 10.7 Å². The molecule has 0 aliphatic carbocycles. The van der Waals surface area contributed by atoms with Crippen molar-refractivity contribution >= 4 is 23.4 Å². The molecule has 0 saturated heterocycles. The number of nitrogens with one attached hydrogen (secondary N) is 2. The highest BCUT2D eigenvalue weighted by atomic mass is 32.2. The van der Waals surface area contributed by atoms with E-state index in [4.69, 9.17) is 0 Å². The predicted molar refractivity (Wildman–Crippen MR) is 117 cm³/mol. The highest BCUT2D eigenvalue weighted by Crippen LogP contribution is 2.37. The van der Waals surface area contributed by atoms with Gasteiger partial charge in [0.05, 0.1) is 6.04 Å². The van der Waals surface area contributed by atoms with E-state index < -0.39 is 0 Å². The van der Waals surface area contributed by atoms with E-state index in [1.165, 1.54) is 17.3 Å². The SMILES string of the molecule is CCCc1nnc2n1N[C@@H](c1ccc(C)cc1)[C@@H](C(=O)Nc1ccc(C)cc1)S2. The van der Waals surface area contributed by atoms with Crippen molar-refractivity contribution in [2.45, 2.75) is 50.1 Å². The van der Waals surface area contributed by atoms with E-state index in [9.17, 15) is 4.79 Å². The second kappa shape index (κ2) is 8.29. The van der Waals surface area contributed by atoms with E-state index in [1.807, 2.05) is 35.9 Å². The van der Waals surface area contributed by atoms with Crippen molar-refractivity contribution in [3.05, 3.63) is 71.0 Å². The van der Waals surface area contributed by atoms with Crippen LogP contribution in [0.2, 0.25) is 0 Å². The second-order valence-corrected chi connectivity index (χ2v) is 8.50. The smallest absolute Gasteiger partial charge is 0.240 e. The van der Waals surface area contributed by atoms with Gasteiger partial charge < -0.3 is 10.7 Å². The van der Waals surface area contributed by atoms with Gasteiger partial charge in [0.15, 0.2) is 5.82 Å². The quantitative estimate of drug-likeness (QED) is 0.662. The van der Waals surface area contributed by atoms with Crippen molar-refractivity contribution in [1.82, 2.24) is 14.9 Å². The lowest BCUT2D eigenvalue weighted by atomic mass is 10.0. The number of carbonyl (C=O) groups excluding carboxylic acids is 1. The van der Waals surface area contributed by atoms with Crippen LogP contribution in [-0.4, -0.2) is 26.0 Å². The Morgan fingerprint density at radius 3 is 2.38 bits per heavy atom. The molecule has 3 aromatic rings. The highest BCUT2D eigenvalue weighted by Gasteiger charge is 2.37. The second-order valence-electron chi connectivity index (χ2n) is 7.40. The van der Waals surface area contributed by atoms with Crippen molar-refractivity contribution in [3.63, 3.8) is 0 Å². The zero-order valence-corrected chi connectivity index (χ0v) is 17.7. The number of rotatable bonds is 5.